The Balaban J connectivity index is 2.24. The van der Waals surface area contributed by atoms with Crippen LogP contribution in [0.15, 0.2) is 18.2 Å². The van der Waals surface area contributed by atoms with Crippen LogP contribution in [0.3, 0.4) is 0 Å². The molecular formula is C13H16ClNO4S. The van der Waals surface area contributed by atoms with Crippen molar-refractivity contribution in [1.82, 2.24) is 0 Å². The molecule has 1 aliphatic carbocycles. The van der Waals surface area contributed by atoms with E-state index < -0.39 is 21.2 Å². The second kappa shape index (κ2) is 6.01. The first-order valence-corrected chi connectivity index (χ1v) is 8.37. The third-order valence-corrected chi connectivity index (χ3v) is 5.64. The van der Waals surface area contributed by atoms with Gasteiger partial charge in [-0.15, -0.1) is 0 Å². The Bertz CT molecular complexity index is 609. The monoisotopic (exact) mass is 317 g/mol. The molecule has 110 valence electrons. The van der Waals surface area contributed by atoms with Crippen molar-refractivity contribution in [3.63, 3.8) is 0 Å². The largest absolute Gasteiger partial charge is 0.478 e. The van der Waals surface area contributed by atoms with Gasteiger partial charge in [0.05, 0.1) is 21.5 Å². The minimum absolute atomic E-state index is 0.00394. The van der Waals surface area contributed by atoms with E-state index in [0.717, 1.165) is 19.3 Å². The van der Waals surface area contributed by atoms with Crippen molar-refractivity contribution in [2.45, 2.75) is 37.4 Å². The molecule has 0 heterocycles. The average molecular weight is 318 g/mol. The van der Waals surface area contributed by atoms with Crippen LogP contribution in [0.5, 0.6) is 0 Å². The maximum atomic E-state index is 12.3. The van der Waals surface area contributed by atoms with Crippen LogP contribution in [0.2, 0.25) is 5.02 Å². The Morgan fingerprint density at radius 1 is 1.25 bits per heavy atom. The van der Waals surface area contributed by atoms with Crippen molar-refractivity contribution >= 4 is 33.3 Å². The van der Waals surface area contributed by atoms with Crippen LogP contribution in [0.1, 0.15) is 42.5 Å². The molecule has 0 saturated heterocycles. The van der Waals surface area contributed by atoms with Crippen LogP contribution in [-0.2, 0) is 10.0 Å². The number of hydrogen-bond donors (Lipinski definition) is 2. The van der Waals surface area contributed by atoms with Crippen molar-refractivity contribution in [3.8, 4) is 0 Å². The maximum absolute atomic E-state index is 12.3. The Morgan fingerprint density at radius 2 is 1.90 bits per heavy atom. The summed E-state index contributed by atoms with van der Waals surface area (Å²) in [5, 5.41) is 8.69. The average Bonchev–Trinajstić information content (AvgIpc) is 2.42. The van der Waals surface area contributed by atoms with E-state index in [9.17, 15) is 13.2 Å². The Kier molecular flexibility index (Phi) is 4.55. The van der Waals surface area contributed by atoms with E-state index in [0.29, 0.717) is 12.8 Å². The first kappa shape index (κ1) is 15.1. The number of sulfonamides is 1. The lowest BCUT2D eigenvalue weighted by molar-refractivity contribution is 0.0697. The normalized spacial score (nSPS) is 16.9. The van der Waals surface area contributed by atoms with Gasteiger partial charge in [-0.1, -0.05) is 30.9 Å². The molecule has 1 aromatic carbocycles. The number of halogens is 1. The SMILES string of the molecule is O=C(O)c1ccc(Cl)c(NS(=O)(=O)C2CCCCC2)c1. The third kappa shape index (κ3) is 3.43. The second-order valence-corrected chi connectivity index (χ2v) is 7.27. The third-order valence-electron chi connectivity index (χ3n) is 3.46. The summed E-state index contributed by atoms with van der Waals surface area (Å²) >= 11 is 5.93. The zero-order chi connectivity index (χ0) is 14.8. The number of rotatable bonds is 4. The fraction of sp³-hybridized carbons (Fsp3) is 0.462. The van der Waals surface area contributed by atoms with Gasteiger partial charge in [0.2, 0.25) is 10.0 Å². The molecule has 0 radical (unpaired) electrons. The highest BCUT2D eigenvalue weighted by Gasteiger charge is 2.27. The molecule has 0 atom stereocenters. The predicted octanol–water partition coefficient (Wildman–Crippen LogP) is 3.11. The van der Waals surface area contributed by atoms with E-state index in [1.807, 2.05) is 0 Å². The van der Waals surface area contributed by atoms with Gasteiger partial charge in [-0.05, 0) is 31.0 Å². The van der Waals surface area contributed by atoms with Crippen LogP contribution in [-0.4, -0.2) is 24.7 Å². The molecule has 0 bridgehead atoms. The summed E-state index contributed by atoms with van der Waals surface area (Å²) in [4.78, 5) is 10.9. The van der Waals surface area contributed by atoms with E-state index >= 15 is 0 Å². The number of nitrogens with one attached hydrogen (secondary N) is 1. The van der Waals surface area contributed by atoms with Gasteiger partial charge in [0.25, 0.3) is 0 Å². The first-order chi connectivity index (χ1) is 9.40. The molecule has 0 spiro atoms. The molecule has 1 aromatic rings. The van der Waals surface area contributed by atoms with Crippen LogP contribution >= 0.6 is 11.6 Å². The Hall–Kier alpha value is -1.27. The minimum atomic E-state index is -3.53. The Labute approximate surface area is 123 Å². The fourth-order valence-corrected chi connectivity index (χ4v) is 4.17. The molecule has 1 fully saturated rings. The summed E-state index contributed by atoms with van der Waals surface area (Å²) in [7, 11) is -3.53. The van der Waals surface area contributed by atoms with E-state index in [1.54, 1.807) is 0 Å². The molecule has 1 saturated carbocycles. The number of hydrogen-bond acceptors (Lipinski definition) is 3. The summed E-state index contributed by atoms with van der Waals surface area (Å²) in [6, 6.07) is 3.96. The molecule has 7 heteroatoms. The molecule has 0 amide bonds. The van der Waals surface area contributed by atoms with Crippen molar-refractivity contribution in [3.05, 3.63) is 28.8 Å². The number of carbonyl (C=O) groups is 1. The minimum Gasteiger partial charge on any atom is -0.478 e. The van der Waals surface area contributed by atoms with E-state index in [-0.39, 0.29) is 16.3 Å². The molecule has 0 unspecified atom stereocenters. The molecular weight excluding hydrogens is 302 g/mol. The second-order valence-electron chi connectivity index (χ2n) is 4.91. The van der Waals surface area contributed by atoms with E-state index in [4.69, 9.17) is 16.7 Å². The maximum Gasteiger partial charge on any atom is 0.335 e. The van der Waals surface area contributed by atoms with Gasteiger partial charge >= 0.3 is 5.97 Å². The molecule has 2 rings (SSSR count). The number of anilines is 1. The quantitative estimate of drug-likeness (QED) is 0.893. The lowest BCUT2D eigenvalue weighted by atomic mass is 10.0. The standard InChI is InChI=1S/C13H16ClNO4S/c14-11-7-6-9(13(16)17)8-12(11)15-20(18,19)10-4-2-1-3-5-10/h6-8,10,15H,1-5H2,(H,16,17). The lowest BCUT2D eigenvalue weighted by Crippen LogP contribution is -2.29. The fourth-order valence-electron chi connectivity index (χ4n) is 2.35. The van der Waals surface area contributed by atoms with Crippen molar-refractivity contribution in [2.75, 3.05) is 4.72 Å². The van der Waals surface area contributed by atoms with E-state index in [2.05, 4.69) is 4.72 Å². The van der Waals surface area contributed by atoms with Gasteiger partial charge in [-0.2, -0.15) is 0 Å². The van der Waals surface area contributed by atoms with Gasteiger partial charge in [0, 0.05) is 0 Å². The zero-order valence-corrected chi connectivity index (χ0v) is 12.4. The predicted molar refractivity (Wildman–Crippen MR) is 77.8 cm³/mol. The van der Waals surface area contributed by atoms with Gasteiger partial charge < -0.3 is 5.11 Å². The van der Waals surface area contributed by atoms with Crippen molar-refractivity contribution in [1.29, 1.82) is 0 Å². The van der Waals surface area contributed by atoms with Crippen LogP contribution in [0.25, 0.3) is 0 Å². The highest BCUT2D eigenvalue weighted by atomic mass is 35.5. The molecule has 1 aliphatic rings. The Morgan fingerprint density at radius 3 is 2.50 bits per heavy atom. The van der Waals surface area contributed by atoms with E-state index in [1.165, 1.54) is 18.2 Å². The number of aromatic carboxylic acids is 1. The zero-order valence-electron chi connectivity index (χ0n) is 10.8. The molecule has 0 aromatic heterocycles. The number of carboxylic acid groups (broad SMARTS) is 1. The van der Waals surface area contributed by atoms with Crippen molar-refractivity contribution < 1.29 is 18.3 Å². The summed E-state index contributed by atoms with van der Waals surface area (Å²) in [6.07, 6.45) is 4.11. The van der Waals surface area contributed by atoms with Crippen LogP contribution < -0.4 is 4.72 Å². The highest BCUT2D eigenvalue weighted by Crippen LogP contribution is 2.29. The molecule has 20 heavy (non-hydrogen) atoms. The summed E-state index contributed by atoms with van der Waals surface area (Å²) in [5.41, 5.74) is 0.118. The smallest absolute Gasteiger partial charge is 0.335 e. The van der Waals surface area contributed by atoms with Crippen LogP contribution in [0.4, 0.5) is 5.69 Å². The lowest BCUT2D eigenvalue weighted by Gasteiger charge is -2.22. The van der Waals surface area contributed by atoms with Gasteiger partial charge in [-0.25, -0.2) is 13.2 Å². The first-order valence-electron chi connectivity index (χ1n) is 6.44. The molecule has 5 nitrogen and oxygen atoms in total. The van der Waals surface area contributed by atoms with Crippen LogP contribution in [0, 0.1) is 0 Å². The molecule has 2 N–H and O–H groups in total. The topological polar surface area (TPSA) is 83.5 Å². The van der Waals surface area contributed by atoms with Gasteiger partial charge in [0.15, 0.2) is 0 Å². The summed E-state index contributed by atoms with van der Waals surface area (Å²) < 4.78 is 27.0. The summed E-state index contributed by atoms with van der Waals surface area (Å²) in [6.45, 7) is 0. The number of carboxylic acids is 1. The van der Waals surface area contributed by atoms with Gasteiger partial charge in [0.1, 0.15) is 0 Å². The highest BCUT2D eigenvalue weighted by molar-refractivity contribution is 7.93. The van der Waals surface area contributed by atoms with Gasteiger partial charge in [-0.3, -0.25) is 4.72 Å². The summed E-state index contributed by atoms with van der Waals surface area (Å²) in [5.74, 6) is -1.13. The number of benzene rings is 1. The van der Waals surface area contributed by atoms with Crippen molar-refractivity contribution in [2.24, 2.45) is 0 Å². The molecule has 0 aliphatic heterocycles.